The minimum absolute atomic E-state index is 0.0922. The molecule has 1 aliphatic rings. The lowest BCUT2D eigenvalue weighted by Crippen LogP contribution is -2.16. The summed E-state index contributed by atoms with van der Waals surface area (Å²) in [7, 11) is 1.36. The highest BCUT2D eigenvalue weighted by atomic mass is 19.1. The van der Waals surface area contributed by atoms with Crippen LogP contribution in [-0.4, -0.2) is 24.6 Å². The Labute approximate surface area is 141 Å². The van der Waals surface area contributed by atoms with Gasteiger partial charge in [0.05, 0.1) is 24.6 Å². The lowest BCUT2D eigenvalue weighted by Gasteiger charge is -2.26. The van der Waals surface area contributed by atoms with Crippen molar-refractivity contribution in [1.82, 2.24) is 4.98 Å². The van der Waals surface area contributed by atoms with E-state index in [1.54, 1.807) is 24.5 Å². The molecule has 3 rings (SSSR count). The van der Waals surface area contributed by atoms with Gasteiger partial charge in [0.15, 0.2) is 0 Å². The van der Waals surface area contributed by atoms with Crippen LogP contribution in [0.2, 0.25) is 0 Å². The van der Waals surface area contributed by atoms with Gasteiger partial charge in [0, 0.05) is 12.7 Å². The summed E-state index contributed by atoms with van der Waals surface area (Å²) in [5, 5.41) is 3.26. The zero-order valence-electron chi connectivity index (χ0n) is 13.7. The third-order valence-electron chi connectivity index (χ3n) is 4.61. The minimum Gasteiger partial charge on any atom is -0.465 e. The van der Waals surface area contributed by atoms with Gasteiger partial charge in [0.1, 0.15) is 5.82 Å². The average Bonchev–Trinajstić information content (AvgIpc) is 2.62. The number of rotatable bonds is 5. The zero-order valence-corrected chi connectivity index (χ0v) is 13.7. The molecular weight excluding hydrogens is 307 g/mol. The van der Waals surface area contributed by atoms with Gasteiger partial charge < -0.3 is 10.1 Å². The third-order valence-corrected chi connectivity index (χ3v) is 4.61. The van der Waals surface area contributed by atoms with E-state index in [9.17, 15) is 9.18 Å². The van der Waals surface area contributed by atoms with Crippen molar-refractivity contribution in [2.24, 2.45) is 0 Å². The van der Waals surface area contributed by atoms with Crippen molar-refractivity contribution in [3.63, 3.8) is 0 Å². The number of nitrogens with one attached hydrogen (secondary N) is 1. The van der Waals surface area contributed by atoms with Crippen LogP contribution in [0.5, 0.6) is 0 Å². The van der Waals surface area contributed by atoms with E-state index in [1.165, 1.54) is 13.2 Å². The molecule has 0 saturated heterocycles. The second kappa shape index (κ2) is 7.43. The van der Waals surface area contributed by atoms with Crippen LogP contribution in [0.25, 0.3) is 0 Å². The number of benzene rings is 1. The van der Waals surface area contributed by atoms with Crippen molar-refractivity contribution in [2.45, 2.75) is 31.6 Å². The van der Waals surface area contributed by atoms with Gasteiger partial charge in [-0.05, 0) is 54.9 Å². The summed E-state index contributed by atoms with van der Waals surface area (Å²) in [6, 6.07) is 7.00. The Balaban J connectivity index is 1.67. The number of pyridine rings is 1. The molecule has 0 spiro atoms. The molecule has 0 fully saturated rings. The molecule has 0 unspecified atom stereocenters. The molecule has 0 radical (unpaired) electrons. The molecule has 4 nitrogen and oxygen atoms in total. The number of hydrogen-bond acceptors (Lipinski definition) is 4. The maximum atomic E-state index is 13.9. The molecule has 1 aromatic carbocycles. The number of anilines is 1. The van der Waals surface area contributed by atoms with Crippen LogP contribution < -0.4 is 5.32 Å². The van der Waals surface area contributed by atoms with Crippen molar-refractivity contribution >= 4 is 11.7 Å². The second-order valence-electron chi connectivity index (χ2n) is 6.03. The number of methoxy groups -OCH3 is 1. The van der Waals surface area contributed by atoms with E-state index in [1.807, 2.05) is 6.07 Å². The van der Waals surface area contributed by atoms with Crippen LogP contribution in [0.15, 0.2) is 36.7 Å². The number of aromatic nitrogens is 1. The molecule has 1 aromatic heterocycles. The number of carbonyl (C=O) groups excluding carboxylic acids is 1. The van der Waals surface area contributed by atoms with Gasteiger partial charge in [-0.25, -0.2) is 9.18 Å². The fourth-order valence-electron chi connectivity index (χ4n) is 3.41. The molecule has 1 N–H and O–H groups in total. The molecule has 0 amide bonds. The van der Waals surface area contributed by atoms with E-state index >= 15 is 0 Å². The predicted octanol–water partition coefficient (Wildman–Crippen LogP) is 3.93. The molecule has 0 saturated carbocycles. The van der Waals surface area contributed by atoms with E-state index in [0.717, 1.165) is 36.8 Å². The molecular formula is C19H21FN2O2. The molecule has 24 heavy (non-hydrogen) atoms. The smallest absolute Gasteiger partial charge is 0.340 e. The van der Waals surface area contributed by atoms with E-state index in [0.29, 0.717) is 23.7 Å². The SMILES string of the molecule is COC(=O)c1ccncc1NCC[C@H]1CCCc2c(F)cccc21. The molecule has 1 atom stereocenters. The number of esters is 1. The van der Waals surface area contributed by atoms with Gasteiger partial charge in [0.2, 0.25) is 0 Å². The highest BCUT2D eigenvalue weighted by Crippen LogP contribution is 2.35. The van der Waals surface area contributed by atoms with Gasteiger partial charge in [-0.1, -0.05) is 12.1 Å². The standard InChI is InChI=1S/C19H21FN2O2/c1-24-19(23)16-9-10-21-12-18(16)22-11-8-13-4-2-6-15-14(13)5-3-7-17(15)20/h3,5,7,9-10,12-13,22H,2,4,6,8,11H2,1H3/t13-/m1/s1. The van der Waals surface area contributed by atoms with Crippen molar-refractivity contribution < 1.29 is 13.9 Å². The first-order valence-corrected chi connectivity index (χ1v) is 8.24. The summed E-state index contributed by atoms with van der Waals surface area (Å²) in [6.45, 7) is 0.691. The topological polar surface area (TPSA) is 51.2 Å². The number of hydrogen-bond donors (Lipinski definition) is 1. The highest BCUT2D eigenvalue weighted by Gasteiger charge is 2.22. The van der Waals surface area contributed by atoms with E-state index < -0.39 is 0 Å². The molecule has 126 valence electrons. The van der Waals surface area contributed by atoms with Crippen LogP contribution in [0, 0.1) is 5.82 Å². The summed E-state index contributed by atoms with van der Waals surface area (Å²) >= 11 is 0. The molecule has 1 heterocycles. The van der Waals surface area contributed by atoms with Crippen molar-refractivity contribution in [3.05, 3.63) is 59.2 Å². The maximum absolute atomic E-state index is 13.9. The average molecular weight is 328 g/mol. The van der Waals surface area contributed by atoms with E-state index in [-0.39, 0.29) is 11.8 Å². The van der Waals surface area contributed by atoms with Crippen molar-refractivity contribution in [3.8, 4) is 0 Å². The quantitative estimate of drug-likeness (QED) is 0.845. The largest absolute Gasteiger partial charge is 0.465 e. The molecule has 0 bridgehead atoms. The van der Waals surface area contributed by atoms with Crippen LogP contribution in [0.1, 0.15) is 46.7 Å². The van der Waals surface area contributed by atoms with Crippen molar-refractivity contribution in [2.75, 3.05) is 19.0 Å². The van der Waals surface area contributed by atoms with E-state index in [2.05, 4.69) is 10.3 Å². The van der Waals surface area contributed by atoms with Gasteiger partial charge in [0.25, 0.3) is 0 Å². The van der Waals surface area contributed by atoms with Gasteiger partial charge in [-0.3, -0.25) is 4.98 Å². The lowest BCUT2D eigenvalue weighted by molar-refractivity contribution is 0.0601. The fourth-order valence-corrected chi connectivity index (χ4v) is 3.41. The molecule has 1 aliphatic carbocycles. The monoisotopic (exact) mass is 328 g/mol. The normalized spacial score (nSPS) is 16.3. The second-order valence-corrected chi connectivity index (χ2v) is 6.03. The summed E-state index contributed by atoms with van der Waals surface area (Å²) < 4.78 is 18.7. The van der Waals surface area contributed by atoms with Gasteiger partial charge >= 0.3 is 5.97 Å². The number of nitrogens with zero attached hydrogens (tertiary/aromatic N) is 1. The Morgan fingerprint density at radius 1 is 1.42 bits per heavy atom. The Morgan fingerprint density at radius 2 is 2.29 bits per heavy atom. The third kappa shape index (κ3) is 3.40. The molecule has 0 aliphatic heterocycles. The summed E-state index contributed by atoms with van der Waals surface area (Å²) in [4.78, 5) is 15.8. The predicted molar refractivity (Wildman–Crippen MR) is 90.8 cm³/mol. The molecule has 5 heteroatoms. The molecule has 2 aromatic rings. The lowest BCUT2D eigenvalue weighted by atomic mass is 9.81. The van der Waals surface area contributed by atoms with Gasteiger partial charge in [-0.15, -0.1) is 0 Å². The van der Waals surface area contributed by atoms with Crippen LogP contribution >= 0.6 is 0 Å². The van der Waals surface area contributed by atoms with Gasteiger partial charge in [-0.2, -0.15) is 0 Å². The first-order valence-electron chi connectivity index (χ1n) is 8.24. The summed E-state index contributed by atoms with van der Waals surface area (Å²) in [5.74, 6) is -0.134. The number of halogens is 1. The Bertz CT molecular complexity index is 733. The Morgan fingerprint density at radius 3 is 3.12 bits per heavy atom. The summed E-state index contributed by atoms with van der Waals surface area (Å²) in [6.07, 6.45) is 6.97. The van der Waals surface area contributed by atoms with Crippen LogP contribution in [-0.2, 0) is 11.2 Å². The van der Waals surface area contributed by atoms with Crippen LogP contribution in [0.3, 0.4) is 0 Å². The first kappa shape index (κ1) is 16.4. The maximum Gasteiger partial charge on any atom is 0.340 e. The fraction of sp³-hybridized carbons (Fsp3) is 0.368. The number of ether oxygens (including phenoxy) is 1. The van der Waals surface area contributed by atoms with E-state index in [4.69, 9.17) is 4.74 Å². The first-order chi connectivity index (χ1) is 11.7. The zero-order chi connectivity index (χ0) is 16.9. The summed E-state index contributed by atoms with van der Waals surface area (Å²) in [5.41, 5.74) is 3.13. The number of fused-ring (bicyclic) bond motifs is 1. The van der Waals surface area contributed by atoms with Crippen LogP contribution in [0.4, 0.5) is 10.1 Å². The highest BCUT2D eigenvalue weighted by molar-refractivity contribution is 5.95. The Kier molecular flexibility index (Phi) is 5.08. The number of carbonyl (C=O) groups is 1. The Hall–Kier alpha value is -2.43. The van der Waals surface area contributed by atoms with Crippen molar-refractivity contribution in [1.29, 1.82) is 0 Å². The minimum atomic E-state index is -0.384.